The van der Waals surface area contributed by atoms with Crippen LogP contribution in [0.4, 0.5) is 22.7 Å². The Balaban J connectivity index is 1.92. The van der Waals surface area contributed by atoms with Gasteiger partial charge in [0.05, 0.1) is 17.8 Å². The van der Waals surface area contributed by atoms with Crippen LogP contribution in [-0.2, 0) is 17.6 Å². The van der Waals surface area contributed by atoms with Crippen molar-refractivity contribution in [2.75, 3.05) is 16.4 Å². The second kappa shape index (κ2) is 5.48. The van der Waals surface area contributed by atoms with Crippen molar-refractivity contribution in [3.8, 4) is 0 Å². The molecule has 0 saturated carbocycles. The number of carbonyl (C=O) groups is 1. The normalized spacial score (nSPS) is 12.9. The Morgan fingerprint density at radius 3 is 2.86 bits per heavy atom. The molecule has 1 amide bonds. The van der Waals surface area contributed by atoms with Crippen LogP contribution in [0, 0.1) is 0 Å². The second-order valence-corrected chi connectivity index (χ2v) is 5.35. The summed E-state index contributed by atoms with van der Waals surface area (Å²) in [6, 6.07) is 12.0. The number of hydrogen-bond donors (Lipinski definition) is 3. The number of nitrogens with one attached hydrogen (secondary N) is 2. The second-order valence-electron chi connectivity index (χ2n) is 5.35. The quantitative estimate of drug-likeness (QED) is 0.752. The summed E-state index contributed by atoms with van der Waals surface area (Å²) < 4.78 is 0. The highest BCUT2D eigenvalue weighted by Gasteiger charge is 2.19. The van der Waals surface area contributed by atoms with E-state index in [1.807, 2.05) is 24.3 Å². The van der Waals surface area contributed by atoms with Gasteiger partial charge >= 0.3 is 0 Å². The molecule has 1 aliphatic rings. The molecular weight excluding hydrogens is 262 g/mol. The fourth-order valence-corrected chi connectivity index (χ4v) is 2.68. The Morgan fingerprint density at radius 2 is 2.05 bits per heavy atom. The Labute approximate surface area is 124 Å². The molecule has 0 unspecified atom stereocenters. The zero-order chi connectivity index (χ0) is 14.8. The van der Waals surface area contributed by atoms with Crippen LogP contribution in [0.25, 0.3) is 0 Å². The predicted octanol–water partition coefficient (Wildman–Crippen LogP) is 3.46. The monoisotopic (exact) mass is 281 g/mol. The Hall–Kier alpha value is -2.49. The minimum atomic E-state index is 0.0212. The Morgan fingerprint density at radius 1 is 1.24 bits per heavy atom. The van der Waals surface area contributed by atoms with Gasteiger partial charge in [0.1, 0.15) is 0 Å². The van der Waals surface area contributed by atoms with E-state index >= 15 is 0 Å². The maximum absolute atomic E-state index is 11.4. The molecule has 0 saturated heterocycles. The highest BCUT2D eigenvalue weighted by molar-refractivity contribution is 6.01. The van der Waals surface area contributed by atoms with Crippen LogP contribution in [-0.4, -0.2) is 5.91 Å². The summed E-state index contributed by atoms with van der Waals surface area (Å²) in [6.45, 7) is 2.16. The van der Waals surface area contributed by atoms with Crippen LogP contribution >= 0.6 is 0 Å². The molecular formula is C17H19N3O. The van der Waals surface area contributed by atoms with Crippen molar-refractivity contribution in [3.63, 3.8) is 0 Å². The SMILES string of the molecule is CCCc1ccccc1Nc1cc2c(cc1N)CC(=O)N2. The largest absolute Gasteiger partial charge is 0.397 e. The molecule has 1 heterocycles. The van der Waals surface area contributed by atoms with Crippen molar-refractivity contribution in [2.45, 2.75) is 26.2 Å². The molecule has 0 spiro atoms. The third-order valence-electron chi connectivity index (χ3n) is 3.71. The van der Waals surface area contributed by atoms with Gasteiger partial charge in [-0.25, -0.2) is 0 Å². The summed E-state index contributed by atoms with van der Waals surface area (Å²) in [5.41, 5.74) is 11.8. The van der Waals surface area contributed by atoms with E-state index in [4.69, 9.17) is 5.73 Å². The van der Waals surface area contributed by atoms with E-state index in [1.54, 1.807) is 0 Å². The first kappa shape index (κ1) is 13.5. The molecule has 0 bridgehead atoms. The maximum atomic E-state index is 11.4. The number of para-hydroxylation sites is 1. The van der Waals surface area contributed by atoms with Gasteiger partial charge in [-0.2, -0.15) is 0 Å². The first-order valence-corrected chi connectivity index (χ1v) is 7.24. The minimum absolute atomic E-state index is 0.0212. The lowest BCUT2D eigenvalue weighted by Crippen LogP contribution is -2.03. The third-order valence-corrected chi connectivity index (χ3v) is 3.71. The molecule has 0 atom stereocenters. The summed E-state index contributed by atoms with van der Waals surface area (Å²) in [5, 5.41) is 6.25. The average Bonchev–Trinajstić information content (AvgIpc) is 2.81. The molecule has 4 heteroatoms. The molecule has 4 nitrogen and oxygen atoms in total. The molecule has 1 aliphatic heterocycles. The predicted molar refractivity (Wildman–Crippen MR) is 86.9 cm³/mol. The first-order chi connectivity index (χ1) is 10.2. The standard InChI is InChI=1S/C17H19N3O/c1-2-5-11-6-3-4-7-14(11)19-16-10-15-12(8-13(16)18)9-17(21)20-15/h3-4,6-8,10,19H,2,5,9,18H2,1H3,(H,20,21). The average molecular weight is 281 g/mol. The van der Waals surface area contributed by atoms with Crippen LogP contribution in [0.1, 0.15) is 24.5 Å². The molecule has 0 radical (unpaired) electrons. The van der Waals surface area contributed by atoms with Gasteiger partial charge in [0.2, 0.25) is 5.91 Å². The maximum Gasteiger partial charge on any atom is 0.228 e. The van der Waals surface area contributed by atoms with E-state index in [9.17, 15) is 4.79 Å². The smallest absolute Gasteiger partial charge is 0.228 e. The number of rotatable bonds is 4. The van der Waals surface area contributed by atoms with Crippen LogP contribution in [0.15, 0.2) is 36.4 Å². The first-order valence-electron chi connectivity index (χ1n) is 7.24. The van der Waals surface area contributed by atoms with E-state index < -0.39 is 0 Å². The van der Waals surface area contributed by atoms with E-state index in [0.29, 0.717) is 12.1 Å². The topological polar surface area (TPSA) is 67.1 Å². The van der Waals surface area contributed by atoms with Gasteiger partial charge < -0.3 is 16.4 Å². The lowest BCUT2D eigenvalue weighted by molar-refractivity contribution is -0.115. The molecule has 0 aliphatic carbocycles. The van der Waals surface area contributed by atoms with Crippen LogP contribution in [0.2, 0.25) is 0 Å². The van der Waals surface area contributed by atoms with Gasteiger partial charge in [0, 0.05) is 11.4 Å². The fourth-order valence-electron chi connectivity index (χ4n) is 2.68. The van der Waals surface area contributed by atoms with Crippen molar-refractivity contribution in [2.24, 2.45) is 0 Å². The fraction of sp³-hybridized carbons (Fsp3) is 0.235. The summed E-state index contributed by atoms with van der Waals surface area (Å²) >= 11 is 0. The number of hydrogen-bond acceptors (Lipinski definition) is 3. The third kappa shape index (κ3) is 2.70. The van der Waals surface area contributed by atoms with Gasteiger partial charge in [-0.1, -0.05) is 31.5 Å². The number of carbonyl (C=O) groups excluding carboxylic acids is 1. The van der Waals surface area contributed by atoms with E-state index in [-0.39, 0.29) is 5.91 Å². The number of nitrogen functional groups attached to an aromatic ring is 1. The molecule has 2 aromatic carbocycles. The highest BCUT2D eigenvalue weighted by Crippen LogP contribution is 2.34. The molecule has 3 rings (SSSR count). The van der Waals surface area contributed by atoms with Gasteiger partial charge in [-0.05, 0) is 35.7 Å². The molecule has 2 aromatic rings. The number of benzene rings is 2. The number of anilines is 4. The van der Waals surface area contributed by atoms with Crippen molar-refractivity contribution >= 4 is 28.7 Å². The Bertz CT molecular complexity index is 694. The van der Waals surface area contributed by atoms with Gasteiger partial charge in [0.25, 0.3) is 0 Å². The van der Waals surface area contributed by atoms with E-state index in [1.165, 1.54) is 5.56 Å². The highest BCUT2D eigenvalue weighted by atomic mass is 16.1. The van der Waals surface area contributed by atoms with Crippen molar-refractivity contribution in [1.29, 1.82) is 0 Å². The van der Waals surface area contributed by atoms with Crippen molar-refractivity contribution in [3.05, 3.63) is 47.5 Å². The van der Waals surface area contributed by atoms with Crippen LogP contribution < -0.4 is 16.4 Å². The zero-order valence-electron chi connectivity index (χ0n) is 12.1. The van der Waals surface area contributed by atoms with Crippen LogP contribution in [0.5, 0.6) is 0 Å². The summed E-state index contributed by atoms with van der Waals surface area (Å²) in [4.78, 5) is 11.4. The summed E-state index contributed by atoms with van der Waals surface area (Å²) in [7, 11) is 0. The summed E-state index contributed by atoms with van der Waals surface area (Å²) in [5.74, 6) is 0.0212. The molecule has 0 aromatic heterocycles. The molecule has 108 valence electrons. The molecule has 0 fully saturated rings. The van der Waals surface area contributed by atoms with E-state index in [2.05, 4.69) is 29.7 Å². The zero-order valence-corrected chi connectivity index (χ0v) is 12.1. The number of fused-ring (bicyclic) bond motifs is 1. The Kier molecular flexibility index (Phi) is 3.52. The molecule has 21 heavy (non-hydrogen) atoms. The van der Waals surface area contributed by atoms with Crippen LogP contribution in [0.3, 0.4) is 0 Å². The van der Waals surface area contributed by atoms with Gasteiger partial charge in [-0.3, -0.25) is 4.79 Å². The number of amides is 1. The minimum Gasteiger partial charge on any atom is -0.397 e. The number of nitrogens with two attached hydrogens (primary N) is 1. The lowest BCUT2D eigenvalue weighted by atomic mass is 10.1. The molecule has 4 N–H and O–H groups in total. The number of aryl methyl sites for hydroxylation is 1. The van der Waals surface area contributed by atoms with Crippen molar-refractivity contribution in [1.82, 2.24) is 0 Å². The summed E-state index contributed by atoms with van der Waals surface area (Å²) in [6.07, 6.45) is 2.52. The van der Waals surface area contributed by atoms with Gasteiger partial charge in [-0.15, -0.1) is 0 Å². The van der Waals surface area contributed by atoms with E-state index in [0.717, 1.165) is 35.5 Å². The van der Waals surface area contributed by atoms with Gasteiger partial charge in [0.15, 0.2) is 0 Å². The lowest BCUT2D eigenvalue weighted by Gasteiger charge is -2.14. The van der Waals surface area contributed by atoms with Crippen molar-refractivity contribution < 1.29 is 4.79 Å².